The van der Waals surface area contributed by atoms with Gasteiger partial charge in [-0.05, 0) is 61.3 Å². The highest BCUT2D eigenvalue weighted by Gasteiger charge is 2.17. The zero-order valence-electron chi connectivity index (χ0n) is 17.4. The van der Waals surface area contributed by atoms with E-state index in [-0.39, 0.29) is 4.90 Å². The van der Waals surface area contributed by atoms with Crippen LogP contribution in [0.2, 0.25) is 0 Å². The van der Waals surface area contributed by atoms with E-state index < -0.39 is 9.84 Å². The minimum atomic E-state index is -3.50. The molecule has 0 amide bonds. The van der Waals surface area contributed by atoms with E-state index in [1.807, 2.05) is 6.07 Å². The van der Waals surface area contributed by atoms with Gasteiger partial charge in [0.05, 0.1) is 15.5 Å². The second kappa shape index (κ2) is 9.90. The van der Waals surface area contributed by atoms with Gasteiger partial charge >= 0.3 is 0 Å². The molecule has 1 N–H and O–H groups in total. The summed E-state index contributed by atoms with van der Waals surface area (Å²) in [5, 5.41) is 4.60. The van der Waals surface area contributed by atoms with Crippen LogP contribution < -0.4 is 5.43 Å². The summed E-state index contributed by atoms with van der Waals surface area (Å²) in [5.41, 5.74) is 6.37. The first-order valence-electron chi connectivity index (χ1n) is 10.6. The second-order valence-electron chi connectivity index (χ2n) is 7.75. The van der Waals surface area contributed by atoms with Crippen LogP contribution >= 0.6 is 0 Å². The average Bonchev–Trinajstić information content (AvgIpc) is 3.04. The Morgan fingerprint density at radius 1 is 0.774 bits per heavy atom. The van der Waals surface area contributed by atoms with Crippen LogP contribution in [0.3, 0.4) is 0 Å². The van der Waals surface area contributed by atoms with Crippen LogP contribution in [0, 0.1) is 0 Å². The van der Waals surface area contributed by atoms with Crippen molar-refractivity contribution in [3.05, 3.63) is 90.5 Å². The van der Waals surface area contributed by atoms with Gasteiger partial charge in [0.25, 0.3) is 0 Å². The lowest BCUT2D eigenvalue weighted by Gasteiger charge is -2.19. The molecule has 160 valence electrons. The first-order chi connectivity index (χ1) is 15.1. The Morgan fingerprint density at radius 3 is 2.13 bits per heavy atom. The van der Waals surface area contributed by atoms with Crippen molar-refractivity contribution < 1.29 is 8.42 Å². The molecule has 0 saturated carbocycles. The van der Waals surface area contributed by atoms with Crippen molar-refractivity contribution in [3.63, 3.8) is 0 Å². The molecule has 1 aliphatic heterocycles. The number of sulfone groups is 1. The lowest BCUT2D eigenvalue weighted by molar-refractivity contribution is 0.279. The summed E-state index contributed by atoms with van der Waals surface area (Å²) >= 11 is 0. The quantitative estimate of drug-likeness (QED) is 0.558. The molecular weight excluding hydrogens is 406 g/mol. The van der Waals surface area contributed by atoms with Crippen molar-refractivity contribution in [2.75, 3.05) is 18.5 Å². The number of hydrogen-bond donors (Lipinski definition) is 1. The molecule has 0 spiro atoms. The zero-order valence-corrected chi connectivity index (χ0v) is 18.3. The molecule has 31 heavy (non-hydrogen) atoms. The van der Waals surface area contributed by atoms with Crippen LogP contribution in [-0.4, -0.2) is 32.1 Å². The molecule has 1 saturated heterocycles. The topological polar surface area (TPSA) is 61.8 Å². The van der Waals surface area contributed by atoms with E-state index in [2.05, 4.69) is 39.7 Å². The molecule has 0 bridgehead atoms. The first kappa shape index (κ1) is 21.3. The van der Waals surface area contributed by atoms with E-state index in [1.54, 1.807) is 54.6 Å². The van der Waals surface area contributed by atoms with Crippen LogP contribution in [0.15, 0.2) is 99.8 Å². The zero-order chi connectivity index (χ0) is 21.5. The highest BCUT2D eigenvalue weighted by molar-refractivity contribution is 7.91. The predicted molar refractivity (Wildman–Crippen MR) is 125 cm³/mol. The number of nitrogens with one attached hydrogen (secondary N) is 1. The second-order valence-corrected chi connectivity index (χ2v) is 9.70. The van der Waals surface area contributed by atoms with Crippen LogP contribution in [0.1, 0.15) is 24.8 Å². The summed E-state index contributed by atoms with van der Waals surface area (Å²) in [6.45, 7) is 3.03. The summed E-state index contributed by atoms with van der Waals surface area (Å²) in [6.07, 6.45) is 2.99. The fourth-order valence-electron chi connectivity index (χ4n) is 3.73. The number of hydrazone groups is 1. The molecule has 0 unspecified atom stereocenters. The average molecular weight is 434 g/mol. The van der Waals surface area contributed by atoms with E-state index in [9.17, 15) is 8.42 Å². The summed E-state index contributed by atoms with van der Waals surface area (Å²) in [7, 11) is -3.50. The van der Waals surface area contributed by atoms with Crippen LogP contribution in [0.25, 0.3) is 0 Å². The Labute approximate surface area is 184 Å². The van der Waals surface area contributed by atoms with E-state index in [4.69, 9.17) is 0 Å². The molecule has 0 aliphatic carbocycles. The fourth-order valence-corrected chi connectivity index (χ4v) is 5.01. The van der Waals surface area contributed by atoms with E-state index in [0.717, 1.165) is 50.3 Å². The molecule has 5 nitrogen and oxygen atoms in total. The number of hydrogen-bond acceptors (Lipinski definition) is 5. The standard InChI is InChI=1S/C25H27N3O2S/c29-31(30,24-11-5-2-6-12-24)25-15-13-23(14-16-25)27-26-22-10-7-18-28(19-17-22)20-21-8-3-1-4-9-21/h1-6,8-9,11-16,27H,7,10,17-20H2. The van der Waals surface area contributed by atoms with E-state index in [1.165, 1.54) is 5.56 Å². The smallest absolute Gasteiger partial charge is 0.206 e. The number of anilines is 1. The van der Waals surface area contributed by atoms with Gasteiger partial charge in [0.15, 0.2) is 0 Å². The van der Waals surface area contributed by atoms with Crippen molar-refractivity contribution >= 4 is 21.2 Å². The van der Waals surface area contributed by atoms with E-state index >= 15 is 0 Å². The molecule has 0 aromatic heterocycles. The number of benzene rings is 3. The lowest BCUT2D eigenvalue weighted by Crippen LogP contribution is -2.24. The highest BCUT2D eigenvalue weighted by Crippen LogP contribution is 2.22. The maximum atomic E-state index is 12.7. The van der Waals surface area contributed by atoms with Crippen molar-refractivity contribution in [1.82, 2.24) is 4.90 Å². The third-order valence-corrected chi connectivity index (χ3v) is 7.25. The van der Waals surface area contributed by atoms with Gasteiger partial charge in [0, 0.05) is 25.2 Å². The monoisotopic (exact) mass is 433 g/mol. The minimum Gasteiger partial charge on any atom is -0.299 e. The first-order valence-corrected chi connectivity index (χ1v) is 12.1. The van der Waals surface area contributed by atoms with Crippen molar-refractivity contribution in [3.8, 4) is 0 Å². The Kier molecular flexibility index (Phi) is 6.79. The Morgan fingerprint density at radius 2 is 1.42 bits per heavy atom. The fraction of sp³-hybridized carbons (Fsp3) is 0.240. The minimum absolute atomic E-state index is 0.280. The van der Waals surface area contributed by atoms with Gasteiger partial charge in [0.1, 0.15) is 0 Å². The summed E-state index contributed by atoms with van der Waals surface area (Å²) in [4.78, 5) is 3.05. The summed E-state index contributed by atoms with van der Waals surface area (Å²) in [5.74, 6) is 0. The van der Waals surface area contributed by atoms with Crippen LogP contribution in [-0.2, 0) is 16.4 Å². The maximum Gasteiger partial charge on any atom is 0.206 e. The van der Waals surface area contributed by atoms with Gasteiger partial charge in [-0.25, -0.2) is 8.42 Å². The number of rotatable bonds is 6. The van der Waals surface area contributed by atoms with Gasteiger partial charge < -0.3 is 0 Å². The molecule has 1 fully saturated rings. The molecule has 6 heteroatoms. The van der Waals surface area contributed by atoms with Crippen LogP contribution in [0.5, 0.6) is 0 Å². The maximum absolute atomic E-state index is 12.7. The molecule has 3 aromatic carbocycles. The van der Waals surface area contributed by atoms with Gasteiger partial charge in [0.2, 0.25) is 9.84 Å². The van der Waals surface area contributed by atoms with Gasteiger partial charge in [-0.15, -0.1) is 0 Å². The third-order valence-electron chi connectivity index (χ3n) is 5.47. The van der Waals surface area contributed by atoms with Crippen molar-refractivity contribution in [2.45, 2.75) is 35.6 Å². The Bertz CT molecular complexity index is 1110. The van der Waals surface area contributed by atoms with Crippen LogP contribution in [0.4, 0.5) is 5.69 Å². The predicted octanol–water partition coefficient (Wildman–Crippen LogP) is 4.97. The van der Waals surface area contributed by atoms with Gasteiger partial charge in [-0.3, -0.25) is 10.3 Å². The van der Waals surface area contributed by atoms with Crippen molar-refractivity contribution in [2.24, 2.45) is 5.10 Å². The molecular formula is C25H27N3O2S. The normalized spacial score (nSPS) is 16.7. The SMILES string of the molecule is O=S(=O)(c1ccccc1)c1ccc(NN=C2CCCN(Cc3ccccc3)CC2)cc1. The number of nitrogens with zero attached hydrogens (tertiary/aromatic N) is 2. The van der Waals surface area contributed by atoms with Gasteiger partial charge in [-0.1, -0.05) is 48.5 Å². The summed E-state index contributed by atoms with van der Waals surface area (Å²) in [6, 6.07) is 25.8. The summed E-state index contributed by atoms with van der Waals surface area (Å²) < 4.78 is 25.4. The molecule has 0 radical (unpaired) electrons. The van der Waals surface area contributed by atoms with Crippen molar-refractivity contribution in [1.29, 1.82) is 0 Å². The molecule has 3 aromatic rings. The molecule has 1 heterocycles. The Hall–Kier alpha value is -2.96. The molecule has 1 aliphatic rings. The molecule has 0 atom stereocenters. The lowest BCUT2D eigenvalue weighted by atomic mass is 10.2. The third kappa shape index (κ3) is 5.60. The molecule has 4 rings (SSSR count). The largest absolute Gasteiger partial charge is 0.299 e. The van der Waals surface area contributed by atoms with Gasteiger partial charge in [-0.2, -0.15) is 5.10 Å². The highest BCUT2D eigenvalue weighted by atomic mass is 32.2. The Balaban J connectivity index is 1.35. The van der Waals surface area contributed by atoms with E-state index in [0.29, 0.717) is 4.90 Å². The number of likely N-dealkylation sites (tertiary alicyclic amines) is 1.